The Morgan fingerprint density at radius 3 is 2.52 bits per heavy atom. The number of phenols is 1. The Kier molecular flexibility index (Phi) is 5.99. The topological polar surface area (TPSA) is 96.3 Å². The van der Waals surface area contributed by atoms with Gasteiger partial charge in [0.05, 0.1) is 16.9 Å². The smallest absolute Gasteiger partial charge is 0.284 e. The van der Waals surface area contributed by atoms with Crippen LogP contribution in [0.15, 0.2) is 56.7 Å². The maximum atomic E-state index is 12.7. The first-order chi connectivity index (χ1) is 13.7. The van der Waals surface area contributed by atoms with Gasteiger partial charge in [0.15, 0.2) is 16.7 Å². The van der Waals surface area contributed by atoms with Crippen molar-refractivity contribution in [2.75, 3.05) is 13.7 Å². The van der Waals surface area contributed by atoms with Crippen LogP contribution < -0.4 is 4.74 Å². The summed E-state index contributed by atoms with van der Waals surface area (Å²) in [5.74, 6) is -0.0675. The van der Waals surface area contributed by atoms with Gasteiger partial charge in [0.25, 0.3) is 15.9 Å². The molecule has 0 bridgehead atoms. The van der Waals surface area contributed by atoms with Crippen LogP contribution in [-0.2, 0) is 14.8 Å². The third-order valence-corrected chi connectivity index (χ3v) is 6.63. The second-order valence-electron chi connectivity index (χ2n) is 6.25. The van der Waals surface area contributed by atoms with E-state index in [1.165, 1.54) is 30.2 Å². The van der Waals surface area contributed by atoms with Crippen LogP contribution in [0.2, 0.25) is 0 Å². The molecule has 7 nitrogen and oxygen atoms in total. The average molecular weight is 433 g/mol. The van der Waals surface area contributed by atoms with Gasteiger partial charge in [0.1, 0.15) is 0 Å². The summed E-state index contributed by atoms with van der Waals surface area (Å²) in [6, 6.07) is 11.1. The number of carbonyl (C=O) groups is 1. The van der Waals surface area contributed by atoms with Gasteiger partial charge in [-0.2, -0.15) is 8.42 Å². The van der Waals surface area contributed by atoms with Crippen molar-refractivity contribution in [3.8, 4) is 11.5 Å². The molecule has 9 heteroatoms. The molecule has 1 amide bonds. The fourth-order valence-electron chi connectivity index (χ4n) is 2.66. The number of aromatic hydroxyl groups is 1. The molecule has 0 spiro atoms. The van der Waals surface area contributed by atoms with E-state index in [2.05, 4.69) is 4.40 Å². The molecule has 3 rings (SSSR count). The molecule has 1 heterocycles. The summed E-state index contributed by atoms with van der Waals surface area (Å²) in [6.07, 6.45) is 1.61. The van der Waals surface area contributed by atoms with Crippen molar-refractivity contribution >= 4 is 38.9 Å². The molecular weight excluding hydrogens is 412 g/mol. The number of carbonyl (C=O) groups excluding carboxylic acids is 1. The Morgan fingerprint density at radius 1 is 1.21 bits per heavy atom. The molecule has 0 aliphatic carbocycles. The highest BCUT2D eigenvalue weighted by Gasteiger charge is 2.34. The standard InChI is InChI=1S/C20H20N2O5S2/c1-4-22-19(24)18(12-14-7-10-16(23)17(11-14)27-3)28-20(22)21-29(25,26)15-8-5-13(2)6-9-15/h5-12,23H,4H2,1-3H3. The predicted octanol–water partition coefficient (Wildman–Crippen LogP) is 3.39. The van der Waals surface area contributed by atoms with Crippen LogP contribution in [0.3, 0.4) is 0 Å². The van der Waals surface area contributed by atoms with Crippen molar-refractivity contribution in [1.29, 1.82) is 0 Å². The first-order valence-electron chi connectivity index (χ1n) is 8.75. The van der Waals surface area contributed by atoms with Crippen molar-refractivity contribution in [3.05, 3.63) is 58.5 Å². The number of hydrogen-bond donors (Lipinski definition) is 1. The summed E-state index contributed by atoms with van der Waals surface area (Å²) >= 11 is 0.994. The Bertz CT molecular complexity index is 1110. The number of benzene rings is 2. The van der Waals surface area contributed by atoms with E-state index in [-0.39, 0.29) is 34.0 Å². The van der Waals surface area contributed by atoms with E-state index < -0.39 is 10.0 Å². The van der Waals surface area contributed by atoms with Crippen LogP contribution in [0, 0.1) is 6.92 Å². The molecule has 0 atom stereocenters. The van der Waals surface area contributed by atoms with Crippen molar-refractivity contribution in [3.63, 3.8) is 0 Å². The van der Waals surface area contributed by atoms with Crippen LogP contribution in [0.5, 0.6) is 11.5 Å². The van der Waals surface area contributed by atoms with Crippen molar-refractivity contribution < 1.29 is 23.1 Å². The molecule has 2 aromatic carbocycles. The molecule has 1 fully saturated rings. The van der Waals surface area contributed by atoms with Crippen molar-refractivity contribution in [2.45, 2.75) is 18.7 Å². The summed E-state index contributed by atoms with van der Waals surface area (Å²) < 4.78 is 34.3. The van der Waals surface area contributed by atoms with Gasteiger partial charge in [-0.3, -0.25) is 9.69 Å². The monoisotopic (exact) mass is 432 g/mol. The van der Waals surface area contributed by atoms with Gasteiger partial charge in [0.2, 0.25) is 0 Å². The number of sulfonamides is 1. The van der Waals surface area contributed by atoms with Crippen LogP contribution in [0.1, 0.15) is 18.1 Å². The van der Waals surface area contributed by atoms with Gasteiger partial charge in [0, 0.05) is 6.54 Å². The Balaban J connectivity index is 1.96. The SMILES string of the molecule is CCN1C(=O)C(=Cc2ccc(O)c(OC)c2)SC1=NS(=O)(=O)c1ccc(C)cc1. The number of aryl methyl sites for hydroxylation is 1. The molecular formula is C20H20N2O5S2. The molecule has 0 aromatic heterocycles. The Labute approximate surface area is 173 Å². The van der Waals surface area contributed by atoms with Crippen LogP contribution in [0.4, 0.5) is 0 Å². The van der Waals surface area contributed by atoms with Gasteiger partial charge in [-0.15, -0.1) is 4.40 Å². The molecule has 2 aromatic rings. The molecule has 0 radical (unpaired) electrons. The van der Waals surface area contributed by atoms with Gasteiger partial charge < -0.3 is 9.84 Å². The zero-order chi connectivity index (χ0) is 21.2. The highest BCUT2D eigenvalue weighted by molar-refractivity contribution is 8.19. The number of thioether (sulfide) groups is 1. The van der Waals surface area contributed by atoms with Crippen LogP contribution in [0.25, 0.3) is 6.08 Å². The first-order valence-corrected chi connectivity index (χ1v) is 11.0. The number of hydrogen-bond acceptors (Lipinski definition) is 6. The van der Waals surface area contributed by atoms with Crippen molar-refractivity contribution in [1.82, 2.24) is 4.90 Å². The zero-order valence-corrected chi connectivity index (χ0v) is 17.8. The van der Waals surface area contributed by atoms with Crippen LogP contribution >= 0.6 is 11.8 Å². The number of methoxy groups -OCH3 is 1. The van der Waals surface area contributed by atoms with Gasteiger partial charge in [-0.05, 0) is 61.5 Å². The third kappa shape index (κ3) is 4.46. The maximum Gasteiger partial charge on any atom is 0.284 e. The number of ether oxygens (including phenoxy) is 1. The second kappa shape index (κ2) is 8.30. The molecule has 29 heavy (non-hydrogen) atoms. The zero-order valence-electron chi connectivity index (χ0n) is 16.1. The molecule has 1 N–H and O–H groups in total. The van der Waals surface area contributed by atoms with Crippen molar-refractivity contribution in [2.24, 2.45) is 4.40 Å². The first kappa shape index (κ1) is 20.9. The van der Waals surface area contributed by atoms with Gasteiger partial charge in [-0.25, -0.2) is 0 Å². The van der Waals surface area contributed by atoms with Gasteiger partial charge >= 0.3 is 0 Å². The molecule has 0 saturated carbocycles. The summed E-state index contributed by atoms with van der Waals surface area (Å²) in [6.45, 7) is 3.89. The van der Waals surface area contributed by atoms with E-state index in [9.17, 15) is 18.3 Å². The quantitative estimate of drug-likeness (QED) is 0.728. The minimum Gasteiger partial charge on any atom is -0.504 e. The maximum absolute atomic E-state index is 12.7. The Morgan fingerprint density at radius 2 is 1.90 bits per heavy atom. The van der Waals surface area contributed by atoms with E-state index in [0.717, 1.165) is 17.3 Å². The molecule has 152 valence electrons. The van der Waals surface area contributed by atoms with Gasteiger partial charge in [-0.1, -0.05) is 23.8 Å². The molecule has 1 saturated heterocycles. The van der Waals surface area contributed by atoms with E-state index in [4.69, 9.17) is 4.74 Å². The lowest BCUT2D eigenvalue weighted by atomic mass is 10.2. The highest BCUT2D eigenvalue weighted by atomic mass is 32.2. The summed E-state index contributed by atoms with van der Waals surface area (Å²) in [7, 11) is -2.51. The lowest BCUT2D eigenvalue weighted by Gasteiger charge is -2.12. The van der Waals surface area contributed by atoms with E-state index in [0.29, 0.717) is 10.5 Å². The second-order valence-corrected chi connectivity index (χ2v) is 8.87. The lowest BCUT2D eigenvalue weighted by Crippen LogP contribution is -2.29. The van der Waals surface area contributed by atoms with E-state index in [1.807, 2.05) is 6.92 Å². The van der Waals surface area contributed by atoms with E-state index in [1.54, 1.807) is 37.3 Å². The number of nitrogens with zero attached hydrogens (tertiary/aromatic N) is 2. The fraction of sp³-hybridized carbons (Fsp3) is 0.200. The molecule has 1 aliphatic rings. The predicted molar refractivity (Wildman–Crippen MR) is 113 cm³/mol. The molecule has 1 aliphatic heterocycles. The molecule has 0 unspecified atom stereocenters. The van der Waals surface area contributed by atoms with Crippen LogP contribution in [-0.4, -0.2) is 43.2 Å². The third-order valence-electron chi connectivity index (χ3n) is 4.22. The minimum absolute atomic E-state index is 0.0123. The average Bonchev–Trinajstić information content (AvgIpc) is 2.97. The normalized spacial score (nSPS) is 17.3. The number of amidine groups is 1. The summed E-state index contributed by atoms with van der Waals surface area (Å²) in [5, 5.41) is 9.82. The largest absolute Gasteiger partial charge is 0.504 e. The number of phenolic OH excluding ortho intramolecular Hbond substituents is 1. The highest BCUT2D eigenvalue weighted by Crippen LogP contribution is 2.35. The minimum atomic E-state index is -3.95. The number of amides is 1. The lowest BCUT2D eigenvalue weighted by molar-refractivity contribution is -0.122. The summed E-state index contributed by atoms with van der Waals surface area (Å²) in [4.78, 5) is 14.4. The number of rotatable bonds is 5. The summed E-state index contributed by atoms with van der Waals surface area (Å²) in [5.41, 5.74) is 1.57. The fourth-order valence-corrected chi connectivity index (χ4v) is 4.90. The van der Waals surface area contributed by atoms with E-state index >= 15 is 0 Å². The number of likely N-dealkylation sites (N-methyl/N-ethyl adjacent to an activating group) is 1. The Hall–Kier alpha value is -2.78.